The van der Waals surface area contributed by atoms with Crippen molar-refractivity contribution in [1.82, 2.24) is 0 Å². The van der Waals surface area contributed by atoms with Crippen LogP contribution in [0.3, 0.4) is 0 Å². The molecule has 0 saturated heterocycles. The van der Waals surface area contributed by atoms with Crippen molar-refractivity contribution in [3.8, 4) is 0 Å². The average Bonchev–Trinajstić information content (AvgIpc) is 2.06. The SMILES string of the molecule is Cc1cc([C@@H](C)N)c(C)c(C(F)(F)F)c1.Cl. The van der Waals surface area contributed by atoms with E-state index in [-0.39, 0.29) is 24.0 Å². The van der Waals surface area contributed by atoms with Crippen molar-refractivity contribution in [1.29, 1.82) is 0 Å². The molecule has 0 aliphatic heterocycles. The smallest absolute Gasteiger partial charge is 0.324 e. The maximum atomic E-state index is 12.6. The van der Waals surface area contributed by atoms with Gasteiger partial charge in [-0.25, -0.2) is 0 Å². The first-order valence-electron chi connectivity index (χ1n) is 4.67. The molecule has 0 fully saturated rings. The molecule has 0 amide bonds. The molecular formula is C11H15ClF3N. The van der Waals surface area contributed by atoms with Gasteiger partial charge in [-0.05, 0) is 38.0 Å². The highest BCUT2D eigenvalue weighted by Gasteiger charge is 2.33. The van der Waals surface area contributed by atoms with E-state index in [1.54, 1.807) is 19.9 Å². The van der Waals surface area contributed by atoms with Gasteiger partial charge >= 0.3 is 6.18 Å². The zero-order valence-electron chi connectivity index (χ0n) is 9.35. The summed E-state index contributed by atoms with van der Waals surface area (Å²) >= 11 is 0. The first-order chi connectivity index (χ1) is 6.73. The molecule has 0 aliphatic carbocycles. The standard InChI is InChI=1S/C11H14F3N.ClH/c1-6-4-9(8(3)15)7(2)10(5-6)11(12,13)14;/h4-5,8H,15H2,1-3H3;1H/t8-;/m1./s1. The lowest BCUT2D eigenvalue weighted by atomic mass is 9.95. The monoisotopic (exact) mass is 253 g/mol. The summed E-state index contributed by atoms with van der Waals surface area (Å²) in [5.74, 6) is 0. The molecule has 1 rings (SSSR count). The summed E-state index contributed by atoms with van der Waals surface area (Å²) in [5, 5.41) is 0. The van der Waals surface area contributed by atoms with E-state index < -0.39 is 11.7 Å². The second-order valence-electron chi connectivity index (χ2n) is 3.81. The zero-order chi connectivity index (χ0) is 11.8. The number of hydrogen-bond donors (Lipinski definition) is 1. The Morgan fingerprint density at radius 2 is 1.69 bits per heavy atom. The molecule has 92 valence electrons. The molecule has 2 N–H and O–H groups in total. The van der Waals surface area contributed by atoms with E-state index in [0.717, 1.165) is 6.07 Å². The van der Waals surface area contributed by atoms with Crippen LogP contribution in [-0.4, -0.2) is 0 Å². The van der Waals surface area contributed by atoms with E-state index in [1.165, 1.54) is 6.92 Å². The van der Waals surface area contributed by atoms with Gasteiger partial charge in [-0.15, -0.1) is 12.4 Å². The van der Waals surface area contributed by atoms with Gasteiger partial charge in [0, 0.05) is 6.04 Å². The van der Waals surface area contributed by atoms with Gasteiger partial charge in [0.05, 0.1) is 5.56 Å². The minimum Gasteiger partial charge on any atom is -0.324 e. The molecule has 0 aromatic heterocycles. The van der Waals surface area contributed by atoms with Crippen LogP contribution in [0.1, 0.15) is 35.2 Å². The van der Waals surface area contributed by atoms with Gasteiger partial charge in [-0.1, -0.05) is 11.6 Å². The largest absolute Gasteiger partial charge is 0.416 e. The Kier molecular flexibility index (Phi) is 4.83. The van der Waals surface area contributed by atoms with Crippen LogP contribution in [-0.2, 0) is 6.18 Å². The molecule has 1 aromatic rings. The fraction of sp³-hybridized carbons (Fsp3) is 0.455. The Morgan fingerprint density at radius 3 is 2.06 bits per heavy atom. The summed E-state index contributed by atoms with van der Waals surface area (Å²) in [4.78, 5) is 0. The van der Waals surface area contributed by atoms with Gasteiger partial charge in [0.25, 0.3) is 0 Å². The minimum atomic E-state index is -4.31. The van der Waals surface area contributed by atoms with Crippen molar-refractivity contribution in [3.05, 3.63) is 34.4 Å². The Bertz CT molecular complexity index is 372. The third-order valence-corrected chi connectivity index (χ3v) is 2.39. The first kappa shape index (κ1) is 15.3. The van der Waals surface area contributed by atoms with Crippen LogP contribution in [0.2, 0.25) is 0 Å². The number of alkyl halides is 3. The van der Waals surface area contributed by atoms with E-state index in [1.807, 2.05) is 0 Å². The predicted molar refractivity (Wildman–Crippen MR) is 60.8 cm³/mol. The maximum Gasteiger partial charge on any atom is 0.416 e. The summed E-state index contributed by atoms with van der Waals surface area (Å²) in [7, 11) is 0. The van der Waals surface area contributed by atoms with Gasteiger partial charge in [0.1, 0.15) is 0 Å². The molecule has 16 heavy (non-hydrogen) atoms. The summed E-state index contributed by atoms with van der Waals surface area (Å²) in [6.07, 6.45) is -4.31. The molecule has 5 heteroatoms. The highest BCUT2D eigenvalue weighted by atomic mass is 35.5. The van der Waals surface area contributed by atoms with Crippen LogP contribution in [0, 0.1) is 13.8 Å². The lowest BCUT2D eigenvalue weighted by Crippen LogP contribution is -2.14. The molecule has 0 spiro atoms. The van der Waals surface area contributed by atoms with Crippen molar-refractivity contribution in [2.75, 3.05) is 0 Å². The van der Waals surface area contributed by atoms with Gasteiger partial charge in [-0.3, -0.25) is 0 Å². The number of benzene rings is 1. The molecule has 0 radical (unpaired) electrons. The number of hydrogen-bond acceptors (Lipinski definition) is 1. The molecular weight excluding hydrogens is 239 g/mol. The second-order valence-corrected chi connectivity index (χ2v) is 3.81. The number of halogens is 4. The van der Waals surface area contributed by atoms with Crippen LogP contribution < -0.4 is 5.73 Å². The summed E-state index contributed by atoms with van der Waals surface area (Å²) in [6, 6.07) is 2.47. The van der Waals surface area contributed by atoms with Crippen LogP contribution >= 0.6 is 12.4 Å². The molecule has 0 unspecified atom stereocenters. The molecule has 0 bridgehead atoms. The molecule has 0 aliphatic rings. The molecule has 1 atom stereocenters. The Labute approximate surface area is 99.2 Å². The van der Waals surface area contributed by atoms with E-state index >= 15 is 0 Å². The van der Waals surface area contributed by atoms with Crippen molar-refractivity contribution in [3.63, 3.8) is 0 Å². The summed E-state index contributed by atoms with van der Waals surface area (Å²) < 4.78 is 37.9. The zero-order valence-corrected chi connectivity index (χ0v) is 10.2. The van der Waals surface area contributed by atoms with Crippen LogP contribution in [0.5, 0.6) is 0 Å². The Hall–Kier alpha value is -0.740. The van der Waals surface area contributed by atoms with E-state index in [2.05, 4.69) is 0 Å². The second kappa shape index (κ2) is 5.06. The third kappa shape index (κ3) is 3.12. The number of rotatable bonds is 1. The predicted octanol–water partition coefficient (Wildman–Crippen LogP) is 3.76. The first-order valence-corrected chi connectivity index (χ1v) is 4.67. The average molecular weight is 254 g/mol. The third-order valence-electron chi connectivity index (χ3n) is 2.39. The lowest BCUT2D eigenvalue weighted by molar-refractivity contribution is -0.138. The fourth-order valence-electron chi connectivity index (χ4n) is 1.65. The van der Waals surface area contributed by atoms with E-state index in [0.29, 0.717) is 11.1 Å². The van der Waals surface area contributed by atoms with Crippen LogP contribution in [0.25, 0.3) is 0 Å². The number of nitrogens with two attached hydrogens (primary N) is 1. The Morgan fingerprint density at radius 1 is 1.19 bits per heavy atom. The van der Waals surface area contributed by atoms with Crippen LogP contribution in [0.4, 0.5) is 13.2 Å². The van der Waals surface area contributed by atoms with E-state index in [4.69, 9.17) is 5.73 Å². The van der Waals surface area contributed by atoms with Gasteiger partial charge in [-0.2, -0.15) is 13.2 Å². The Balaban J connectivity index is 0.00000225. The van der Waals surface area contributed by atoms with Gasteiger partial charge in [0.2, 0.25) is 0 Å². The summed E-state index contributed by atoms with van der Waals surface area (Å²) in [5.41, 5.74) is 6.41. The summed E-state index contributed by atoms with van der Waals surface area (Å²) in [6.45, 7) is 4.78. The van der Waals surface area contributed by atoms with Crippen molar-refractivity contribution < 1.29 is 13.2 Å². The highest BCUT2D eigenvalue weighted by Crippen LogP contribution is 2.35. The molecule has 0 saturated carbocycles. The van der Waals surface area contributed by atoms with Crippen molar-refractivity contribution >= 4 is 12.4 Å². The molecule has 1 aromatic carbocycles. The number of aryl methyl sites for hydroxylation is 1. The maximum absolute atomic E-state index is 12.6. The van der Waals surface area contributed by atoms with Crippen molar-refractivity contribution in [2.24, 2.45) is 5.73 Å². The topological polar surface area (TPSA) is 26.0 Å². The van der Waals surface area contributed by atoms with E-state index in [9.17, 15) is 13.2 Å². The lowest BCUT2D eigenvalue weighted by Gasteiger charge is -2.17. The van der Waals surface area contributed by atoms with Gasteiger partial charge in [0.15, 0.2) is 0 Å². The fourth-order valence-corrected chi connectivity index (χ4v) is 1.65. The quantitative estimate of drug-likeness (QED) is 0.810. The van der Waals surface area contributed by atoms with Gasteiger partial charge < -0.3 is 5.73 Å². The molecule has 1 nitrogen and oxygen atoms in total. The minimum absolute atomic E-state index is 0. The van der Waals surface area contributed by atoms with Crippen LogP contribution in [0.15, 0.2) is 12.1 Å². The molecule has 0 heterocycles. The highest BCUT2D eigenvalue weighted by molar-refractivity contribution is 5.85. The van der Waals surface area contributed by atoms with Crippen molar-refractivity contribution in [2.45, 2.75) is 33.0 Å². The normalized spacial score (nSPS) is 13.2.